The van der Waals surface area contributed by atoms with Gasteiger partial charge in [0.2, 0.25) is 0 Å². The lowest BCUT2D eigenvalue weighted by Gasteiger charge is -2.18. The second kappa shape index (κ2) is 4.27. The molecule has 0 bridgehead atoms. The number of nitrogens with zero attached hydrogens (tertiary/aromatic N) is 2. The van der Waals surface area contributed by atoms with Crippen molar-refractivity contribution >= 4 is 28.6 Å². The van der Waals surface area contributed by atoms with Crippen LogP contribution in [0, 0.1) is 3.57 Å². The molecule has 0 aliphatic carbocycles. The Labute approximate surface area is 98.7 Å². The molecule has 1 rings (SSSR count). The molecule has 1 heterocycles. The van der Waals surface area contributed by atoms with Crippen molar-refractivity contribution in [1.29, 1.82) is 0 Å². The third-order valence-corrected chi connectivity index (χ3v) is 2.54. The fourth-order valence-electron chi connectivity index (χ4n) is 0.936. The molecule has 0 saturated carbocycles. The van der Waals surface area contributed by atoms with Crippen molar-refractivity contribution in [3.63, 3.8) is 0 Å². The summed E-state index contributed by atoms with van der Waals surface area (Å²) in [5, 5.41) is 18.1. The summed E-state index contributed by atoms with van der Waals surface area (Å²) in [4.78, 5) is 25.9. The molecule has 2 N–H and O–H groups in total. The van der Waals surface area contributed by atoms with Gasteiger partial charge in [0.25, 0.3) is 5.56 Å². The van der Waals surface area contributed by atoms with E-state index in [9.17, 15) is 14.7 Å². The summed E-state index contributed by atoms with van der Waals surface area (Å²) in [6.45, 7) is 0.798. The Morgan fingerprint density at radius 3 is 2.87 bits per heavy atom. The maximum atomic E-state index is 11.5. The molecule has 1 atom stereocenters. The Kier molecular flexibility index (Phi) is 3.45. The van der Waals surface area contributed by atoms with Crippen LogP contribution in [0.5, 0.6) is 0 Å². The number of carboxylic acid groups (broad SMARTS) is 1. The number of hydrogen-bond acceptors (Lipinski definition) is 4. The molecule has 15 heavy (non-hydrogen) atoms. The van der Waals surface area contributed by atoms with Crippen LogP contribution in [0.2, 0.25) is 0 Å². The summed E-state index contributed by atoms with van der Waals surface area (Å²) in [7, 11) is 0. The molecule has 0 spiro atoms. The zero-order chi connectivity index (χ0) is 11.6. The first-order chi connectivity index (χ1) is 6.84. The van der Waals surface area contributed by atoms with Crippen molar-refractivity contribution in [1.82, 2.24) is 9.55 Å². The molecule has 0 aromatic carbocycles. The lowest BCUT2D eigenvalue weighted by Crippen LogP contribution is -2.42. The second-order valence-corrected chi connectivity index (χ2v) is 4.42. The van der Waals surface area contributed by atoms with Gasteiger partial charge in [-0.25, -0.2) is 9.78 Å². The Balaban J connectivity index is 3.06. The van der Waals surface area contributed by atoms with Crippen molar-refractivity contribution in [2.75, 3.05) is 0 Å². The molecule has 0 fully saturated rings. The van der Waals surface area contributed by atoms with Gasteiger partial charge >= 0.3 is 5.97 Å². The largest absolute Gasteiger partial charge is 0.479 e. The van der Waals surface area contributed by atoms with Crippen LogP contribution >= 0.6 is 22.6 Å². The molecule has 0 aliphatic rings. The first kappa shape index (κ1) is 12.1. The van der Waals surface area contributed by atoms with Gasteiger partial charge in [-0.15, -0.1) is 0 Å². The fourth-order valence-corrected chi connectivity index (χ4v) is 1.41. The Morgan fingerprint density at radius 2 is 2.33 bits per heavy atom. The van der Waals surface area contributed by atoms with Crippen LogP contribution in [0.3, 0.4) is 0 Å². The summed E-state index contributed by atoms with van der Waals surface area (Å²) in [6.07, 6.45) is 2.57. The SMILES string of the molecule is CC(O)(Cn1cncc(I)c1=O)C(=O)O. The maximum Gasteiger partial charge on any atom is 0.337 e. The van der Waals surface area contributed by atoms with E-state index in [1.54, 1.807) is 22.6 Å². The topological polar surface area (TPSA) is 92.4 Å². The molecule has 0 aliphatic heterocycles. The highest BCUT2D eigenvalue weighted by molar-refractivity contribution is 14.1. The molecule has 0 saturated heterocycles. The van der Waals surface area contributed by atoms with Gasteiger partial charge < -0.3 is 10.2 Å². The molecule has 1 aromatic heterocycles. The van der Waals surface area contributed by atoms with E-state index in [-0.39, 0.29) is 12.1 Å². The Hall–Kier alpha value is -0.960. The smallest absolute Gasteiger partial charge is 0.337 e. The van der Waals surface area contributed by atoms with Crippen LogP contribution in [0.1, 0.15) is 6.92 Å². The van der Waals surface area contributed by atoms with Gasteiger partial charge in [-0.2, -0.15) is 0 Å². The van der Waals surface area contributed by atoms with E-state index in [0.717, 1.165) is 11.5 Å². The Morgan fingerprint density at radius 1 is 1.73 bits per heavy atom. The van der Waals surface area contributed by atoms with Gasteiger partial charge in [0.1, 0.15) is 0 Å². The van der Waals surface area contributed by atoms with E-state index in [0.29, 0.717) is 3.57 Å². The molecule has 0 radical (unpaired) electrons. The van der Waals surface area contributed by atoms with Gasteiger partial charge in [-0.3, -0.25) is 9.36 Å². The summed E-state index contributed by atoms with van der Waals surface area (Å²) >= 11 is 1.79. The third kappa shape index (κ3) is 2.75. The highest BCUT2D eigenvalue weighted by atomic mass is 127. The Bertz CT molecular complexity index is 441. The number of hydrogen-bond donors (Lipinski definition) is 2. The summed E-state index contributed by atoms with van der Waals surface area (Å²) in [5.74, 6) is -1.38. The van der Waals surface area contributed by atoms with Crippen LogP contribution in [0.4, 0.5) is 0 Å². The average Bonchev–Trinajstić information content (AvgIpc) is 2.12. The predicted octanol–water partition coefficient (Wildman–Crippen LogP) is -0.316. The molecule has 7 heteroatoms. The number of carbonyl (C=O) groups is 1. The van der Waals surface area contributed by atoms with E-state index in [1.807, 2.05) is 0 Å². The van der Waals surface area contributed by atoms with Gasteiger partial charge in [0, 0.05) is 6.20 Å². The minimum absolute atomic E-state index is 0.328. The normalized spacial score (nSPS) is 14.6. The molecule has 1 unspecified atom stereocenters. The standard InChI is InChI=1S/C8H9IN2O4/c1-8(15,7(13)14)3-11-4-10-2-5(9)6(11)12/h2,4,15H,3H2,1H3,(H,13,14). The number of aliphatic hydroxyl groups is 1. The van der Waals surface area contributed by atoms with Gasteiger partial charge in [-0.05, 0) is 29.5 Å². The predicted molar refractivity (Wildman–Crippen MR) is 59.5 cm³/mol. The first-order valence-electron chi connectivity index (χ1n) is 4.00. The van der Waals surface area contributed by atoms with Crippen LogP contribution in [0.15, 0.2) is 17.3 Å². The number of aliphatic carboxylic acids is 1. The summed E-state index contributed by atoms with van der Waals surface area (Å²) in [5.41, 5.74) is -2.34. The van der Waals surface area contributed by atoms with Crippen molar-refractivity contribution in [3.8, 4) is 0 Å². The van der Waals surface area contributed by atoms with E-state index in [1.165, 1.54) is 12.5 Å². The van der Waals surface area contributed by atoms with E-state index in [4.69, 9.17) is 5.11 Å². The monoisotopic (exact) mass is 324 g/mol. The minimum Gasteiger partial charge on any atom is -0.479 e. The van der Waals surface area contributed by atoms with Crippen LogP contribution < -0.4 is 5.56 Å². The highest BCUT2D eigenvalue weighted by Gasteiger charge is 2.30. The first-order valence-corrected chi connectivity index (χ1v) is 5.08. The molecule has 82 valence electrons. The molecular formula is C8H9IN2O4. The lowest BCUT2D eigenvalue weighted by atomic mass is 10.1. The number of halogens is 1. The van der Waals surface area contributed by atoms with E-state index >= 15 is 0 Å². The maximum absolute atomic E-state index is 11.5. The zero-order valence-corrected chi connectivity index (χ0v) is 10.0. The van der Waals surface area contributed by atoms with E-state index < -0.39 is 11.6 Å². The molecular weight excluding hydrogens is 315 g/mol. The molecule has 0 amide bonds. The van der Waals surface area contributed by atoms with Crippen LogP contribution in [-0.4, -0.2) is 31.3 Å². The fraction of sp³-hybridized carbons (Fsp3) is 0.375. The highest BCUT2D eigenvalue weighted by Crippen LogP contribution is 2.06. The summed E-state index contributed by atoms with van der Waals surface area (Å²) < 4.78 is 1.44. The average molecular weight is 324 g/mol. The third-order valence-electron chi connectivity index (χ3n) is 1.80. The van der Waals surface area contributed by atoms with Gasteiger partial charge in [0.15, 0.2) is 5.60 Å². The van der Waals surface area contributed by atoms with Crippen LogP contribution in [-0.2, 0) is 11.3 Å². The van der Waals surface area contributed by atoms with Crippen molar-refractivity contribution < 1.29 is 15.0 Å². The van der Waals surface area contributed by atoms with Crippen molar-refractivity contribution in [3.05, 3.63) is 26.4 Å². The van der Waals surface area contributed by atoms with Crippen molar-refractivity contribution in [2.45, 2.75) is 19.1 Å². The quantitative estimate of drug-likeness (QED) is 0.744. The molecule has 1 aromatic rings. The van der Waals surface area contributed by atoms with Gasteiger partial charge in [0.05, 0.1) is 16.4 Å². The van der Waals surface area contributed by atoms with Crippen molar-refractivity contribution in [2.24, 2.45) is 0 Å². The minimum atomic E-state index is -1.98. The number of carboxylic acids is 1. The summed E-state index contributed by atoms with van der Waals surface area (Å²) in [6, 6.07) is 0. The number of aromatic nitrogens is 2. The van der Waals surface area contributed by atoms with Crippen LogP contribution in [0.25, 0.3) is 0 Å². The zero-order valence-electron chi connectivity index (χ0n) is 7.85. The van der Waals surface area contributed by atoms with Gasteiger partial charge in [-0.1, -0.05) is 0 Å². The second-order valence-electron chi connectivity index (χ2n) is 3.25. The molecule has 6 nitrogen and oxygen atoms in total. The van der Waals surface area contributed by atoms with E-state index in [2.05, 4.69) is 4.98 Å². The lowest BCUT2D eigenvalue weighted by molar-refractivity contribution is -0.157. The number of rotatable bonds is 3.